The molecule has 3 nitrogen and oxygen atoms in total. The molecule has 6 heteroatoms. The minimum Gasteiger partial charge on any atom is -0.487 e. The van der Waals surface area contributed by atoms with Crippen LogP contribution in [0.4, 0.5) is 8.78 Å². The Morgan fingerprint density at radius 2 is 2.11 bits per heavy atom. The van der Waals surface area contributed by atoms with Crippen molar-refractivity contribution in [2.24, 2.45) is 5.73 Å². The second kappa shape index (κ2) is 4.40. The molecule has 0 amide bonds. The van der Waals surface area contributed by atoms with E-state index in [1.165, 1.54) is 6.07 Å². The monoisotopic (exact) mass is 335 g/mol. The molecular formula is C13H16BrF2NO2. The number of benzene rings is 1. The highest BCUT2D eigenvalue weighted by Gasteiger charge is 2.57. The van der Waals surface area contributed by atoms with Crippen LogP contribution in [0.25, 0.3) is 0 Å². The van der Waals surface area contributed by atoms with Gasteiger partial charge in [-0.1, -0.05) is 15.9 Å². The summed E-state index contributed by atoms with van der Waals surface area (Å²) in [6.07, 6.45) is -0.0863. The number of rotatable bonds is 2. The van der Waals surface area contributed by atoms with Crippen molar-refractivity contribution in [3.8, 4) is 5.75 Å². The zero-order chi connectivity index (χ0) is 14.5. The van der Waals surface area contributed by atoms with Crippen LogP contribution in [0.5, 0.6) is 5.75 Å². The molecule has 0 bridgehead atoms. The van der Waals surface area contributed by atoms with Gasteiger partial charge in [0.25, 0.3) is 5.92 Å². The molecule has 0 spiro atoms. The maximum Gasteiger partial charge on any atom is 0.292 e. The van der Waals surface area contributed by atoms with E-state index in [2.05, 4.69) is 15.9 Å². The lowest BCUT2D eigenvalue weighted by atomic mass is 9.74. The minimum absolute atomic E-state index is 0.0863. The molecule has 19 heavy (non-hydrogen) atoms. The van der Waals surface area contributed by atoms with Crippen LogP contribution in [0.15, 0.2) is 22.7 Å². The van der Waals surface area contributed by atoms with Crippen LogP contribution in [0.2, 0.25) is 0 Å². The third kappa shape index (κ3) is 2.37. The number of nitrogens with two attached hydrogens (primary N) is 1. The topological polar surface area (TPSA) is 55.5 Å². The summed E-state index contributed by atoms with van der Waals surface area (Å²) in [7, 11) is 0. The third-order valence-electron chi connectivity index (χ3n) is 3.36. The predicted octanol–water partition coefficient (Wildman–Crippen LogP) is 2.79. The predicted molar refractivity (Wildman–Crippen MR) is 71.4 cm³/mol. The number of ether oxygens (including phenoxy) is 1. The first-order valence-corrected chi connectivity index (χ1v) is 6.67. The first-order valence-electron chi connectivity index (χ1n) is 5.88. The summed E-state index contributed by atoms with van der Waals surface area (Å²) in [5.74, 6) is -3.10. The average Bonchev–Trinajstić information content (AvgIpc) is 2.29. The fourth-order valence-electron chi connectivity index (χ4n) is 2.51. The van der Waals surface area contributed by atoms with Gasteiger partial charge in [0.2, 0.25) is 0 Å². The molecule has 0 aliphatic carbocycles. The average molecular weight is 336 g/mol. The first kappa shape index (κ1) is 14.7. The standard InChI is InChI=1S/C13H16BrF2NO2/c1-11(2)6-12(17,13(15,16)7-18)9-5-8(14)3-4-10(9)19-11/h3-5,18H,6-7,17H2,1-2H3. The van der Waals surface area contributed by atoms with Crippen LogP contribution >= 0.6 is 15.9 Å². The molecule has 0 saturated carbocycles. The molecule has 1 heterocycles. The molecule has 1 unspecified atom stereocenters. The highest BCUT2D eigenvalue weighted by Crippen LogP contribution is 2.49. The Hall–Kier alpha value is -0.720. The van der Waals surface area contributed by atoms with Crippen molar-refractivity contribution in [1.29, 1.82) is 0 Å². The van der Waals surface area contributed by atoms with E-state index in [9.17, 15) is 8.78 Å². The summed E-state index contributed by atoms with van der Waals surface area (Å²) in [4.78, 5) is 0. The van der Waals surface area contributed by atoms with E-state index in [0.29, 0.717) is 10.2 Å². The van der Waals surface area contributed by atoms with Crippen LogP contribution < -0.4 is 10.5 Å². The Kier molecular flexibility index (Phi) is 3.40. The Labute approximate surface area is 118 Å². The van der Waals surface area contributed by atoms with Crippen molar-refractivity contribution in [3.63, 3.8) is 0 Å². The van der Waals surface area contributed by atoms with Gasteiger partial charge in [0.1, 0.15) is 23.5 Å². The molecule has 0 saturated heterocycles. The Balaban J connectivity index is 2.65. The van der Waals surface area contributed by atoms with Crippen molar-refractivity contribution in [3.05, 3.63) is 28.2 Å². The SMILES string of the molecule is CC1(C)CC(N)(C(F)(F)CO)c2cc(Br)ccc2O1. The highest BCUT2D eigenvalue weighted by atomic mass is 79.9. The third-order valence-corrected chi connectivity index (χ3v) is 3.86. The molecule has 0 fully saturated rings. The lowest BCUT2D eigenvalue weighted by Gasteiger charge is -2.46. The molecule has 106 valence electrons. The summed E-state index contributed by atoms with van der Waals surface area (Å²) in [5, 5.41) is 8.99. The quantitative estimate of drug-likeness (QED) is 0.873. The zero-order valence-electron chi connectivity index (χ0n) is 10.7. The van der Waals surface area contributed by atoms with E-state index in [4.69, 9.17) is 15.6 Å². The van der Waals surface area contributed by atoms with E-state index in [1.807, 2.05) is 0 Å². The highest BCUT2D eigenvalue weighted by molar-refractivity contribution is 9.10. The number of hydrogen-bond donors (Lipinski definition) is 2. The first-order chi connectivity index (χ1) is 8.61. The number of halogens is 3. The molecular weight excluding hydrogens is 320 g/mol. The van der Waals surface area contributed by atoms with Crippen molar-refractivity contribution in [1.82, 2.24) is 0 Å². The Morgan fingerprint density at radius 3 is 2.68 bits per heavy atom. The maximum atomic E-state index is 14.1. The van der Waals surface area contributed by atoms with Crippen molar-refractivity contribution >= 4 is 15.9 Å². The van der Waals surface area contributed by atoms with Crippen molar-refractivity contribution in [2.45, 2.75) is 37.3 Å². The second-order valence-electron chi connectivity index (χ2n) is 5.51. The van der Waals surface area contributed by atoms with Crippen molar-refractivity contribution < 1.29 is 18.6 Å². The van der Waals surface area contributed by atoms with Gasteiger partial charge in [-0.25, -0.2) is 8.78 Å². The van der Waals surface area contributed by atoms with E-state index in [-0.39, 0.29) is 12.0 Å². The fraction of sp³-hybridized carbons (Fsp3) is 0.538. The van der Waals surface area contributed by atoms with Crippen LogP contribution in [-0.2, 0) is 5.54 Å². The molecule has 0 radical (unpaired) electrons. The molecule has 1 atom stereocenters. The van der Waals surface area contributed by atoms with Gasteiger partial charge < -0.3 is 15.6 Å². The smallest absolute Gasteiger partial charge is 0.292 e. The summed E-state index contributed by atoms with van der Waals surface area (Å²) in [6, 6.07) is 4.83. The molecule has 0 aromatic heterocycles. The van der Waals surface area contributed by atoms with E-state index < -0.39 is 23.7 Å². The number of hydrogen-bond acceptors (Lipinski definition) is 3. The number of aliphatic hydroxyl groups is 1. The maximum absolute atomic E-state index is 14.1. The van der Waals surface area contributed by atoms with Crippen LogP contribution in [-0.4, -0.2) is 23.2 Å². The normalized spacial score (nSPS) is 25.6. The van der Waals surface area contributed by atoms with Crippen LogP contribution in [0, 0.1) is 0 Å². The largest absolute Gasteiger partial charge is 0.487 e. The lowest BCUT2D eigenvalue weighted by molar-refractivity contribution is -0.140. The summed E-state index contributed by atoms with van der Waals surface area (Å²) in [5.41, 5.74) is 3.42. The van der Waals surface area contributed by atoms with Gasteiger partial charge in [-0.3, -0.25) is 0 Å². The van der Waals surface area contributed by atoms with Gasteiger partial charge in [0.15, 0.2) is 0 Å². The number of alkyl halides is 2. The van der Waals surface area contributed by atoms with Gasteiger partial charge in [0, 0.05) is 16.5 Å². The number of fused-ring (bicyclic) bond motifs is 1. The Morgan fingerprint density at radius 1 is 1.47 bits per heavy atom. The minimum atomic E-state index is -3.43. The molecule has 3 N–H and O–H groups in total. The van der Waals surface area contributed by atoms with Gasteiger partial charge in [-0.15, -0.1) is 0 Å². The molecule has 1 aliphatic heterocycles. The van der Waals surface area contributed by atoms with Crippen LogP contribution in [0.3, 0.4) is 0 Å². The Bertz CT molecular complexity index is 507. The second-order valence-corrected chi connectivity index (χ2v) is 6.43. The van der Waals surface area contributed by atoms with Gasteiger partial charge in [0.05, 0.1) is 0 Å². The summed E-state index contributed by atoms with van der Waals surface area (Å²) < 4.78 is 34.6. The zero-order valence-corrected chi connectivity index (χ0v) is 12.3. The van der Waals surface area contributed by atoms with Crippen molar-refractivity contribution in [2.75, 3.05) is 6.61 Å². The van der Waals surface area contributed by atoms with E-state index in [1.54, 1.807) is 26.0 Å². The fourth-order valence-corrected chi connectivity index (χ4v) is 2.87. The summed E-state index contributed by atoms with van der Waals surface area (Å²) >= 11 is 3.24. The van der Waals surface area contributed by atoms with E-state index in [0.717, 1.165) is 0 Å². The molecule has 1 aliphatic rings. The van der Waals surface area contributed by atoms with E-state index >= 15 is 0 Å². The van der Waals surface area contributed by atoms with Gasteiger partial charge in [-0.05, 0) is 32.0 Å². The summed E-state index contributed by atoms with van der Waals surface area (Å²) in [6.45, 7) is 2.10. The van der Waals surface area contributed by atoms with Crippen LogP contribution in [0.1, 0.15) is 25.8 Å². The molecule has 2 rings (SSSR count). The van der Waals surface area contributed by atoms with Gasteiger partial charge >= 0.3 is 0 Å². The van der Waals surface area contributed by atoms with Gasteiger partial charge in [-0.2, -0.15) is 0 Å². The molecule has 1 aromatic carbocycles. The number of aliphatic hydroxyl groups excluding tert-OH is 1. The molecule has 1 aromatic rings. The lowest BCUT2D eigenvalue weighted by Crippen LogP contribution is -2.61.